The van der Waals surface area contributed by atoms with Gasteiger partial charge >= 0.3 is 0 Å². The first-order valence-electron chi connectivity index (χ1n) is 8.45. The van der Waals surface area contributed by atoms with Crippen molar-refractivity contribution in [2.75, 3.05) is 11.1 Å². The topological polar surface area (TPSA) is 38.3 Å². The molecule has 0 saturated heterocycles. The molecule has 0 bridgehead atoms. The fraction of sp³-hybridized carbons (Fsp3) is 0.136. The van der Waals surface area contributed by atoms with Gasteiger partial charge in [0.05, 0.1) is 5.75 Å². The summed E-state index contributed by atoms with van der Waals surface area (Å²) >= 11 is 1.52. The van der Waals surface area contributed by atoms with E-state index in [1.165, 1.54) is 17.3 Å². The zero-order valence-electron chi connectivity index (χ0n) is 14.6. The fourth-order valence-electron chi connectivity index (χ4n) is 2.38. The summed E-state index contributed by atoms with van der Waals surface area (Å²) in [4.78, 5) is 13.3. The third kappa shape index (κ3) is 5.67. The van der Waals surface area contributed by atoms with E-state index in [9.17, 15) is 4.79 Å². The third-order valence-electron chi connectivity index (χ3n) is 3.76. The Morgan fingerprint density at radius 1 is 0.962 bits per heavy atom. The number of hydrogen-bond donors (Lipinski definition) is 1. The third-order valence-corrected chi connectivity index (χ3v) is 4.77. The van der Waals surface area contributed by atoms with Crippen molar-refractivity contribution >= 4 is 23.4 Å². The quantitative estimate of drug-likeness (QED) is 0.579. The number of nitrogens with one attached hydrogen (secondary N) is 1. The van der Waals surface area contributed by atoms with Crippen LogP contribution in [-0.4, -0.2) is 11.7 Å². The Bertz CT molecular complexity index is 848. The highest BCUT2D eigenvalue weighted by molar-refractivity contribution is 8.00. The molecule has 0 aliphatic rings. The number of ether oxygens (including phenoxy) is 1. The van der Waals surface area contributed by atoms with Gasteiger partial charge in [-0.1, -0.05) is 54.1 Å². The van der Waals surface area contributed by atoms with E-state index in [4.69, 9.17) is 4.74 Å². The average molecular weight is 363 g/mol. The molecular formula is C22H21NO2S. The number of hydrogen-bond acceptors (Lipinski definition) is 3. The standard InChI is InChI=1S/C22H21NO2S/c1-17-10-12-21(13-11-17)26-16-22(24)23-19-8-5-9-20(14-19)25-15-18-6-3-2-4-7-18/h2-14H,15-16H2,1H3,(H,23,24). The van der Waals surface area contributed by atoms with E-state index < -0.39 is 0 Å². The Morgan fingerprint density at radius 2 is 1.73 bits per heavy atom. The molecule has 0 unspecified atom stereocenters. The van der Waals surface area contributed by atoms with E-state index in [2.05, 4.69) is 5.32 Å². The normalized spacial score (nSPS) is 10.3. The van der Waals surface area contributed by atoms with E-state index >= 15 is 0 Å². The number of thioether (sulfide) groups is 1. The van der Waals surface area contributed by atoms with Crippen LogP contribution in [0.15, 0.2) is 83.8 Å². The lowest BCUT2D eigenvalue weighted by molar-refractivity contribution is -0.113. The monoisotopic (exact) mass is 363 g/mol. The number of aryl methyl sites for hydroxylation is 1. The first-order chi connectivity index (χ1) is 12.7. The van der Waals surface area contributed by atoms with Gasteiger partial charge in [-0.15, -0.1) is 11.8 Å². The van der Waals surface area contributed by atoms with Gasteiger partial charge in [-0.05, 0) is 36.8 Å². The number of rotatable bonds is 7. The maximum Gasteiger partial charge on any atom is 0.234 e. The number of carbonyl (C=O) groups is 1. The molecule has 1 amide bonds. The van der Waals surface area contributed by atoms with Crippen LogP contribution in [0.1, 0.15) is 11.1 Å². The van der Waals surface area contributed by atoms with E-state index in [1.54, 1.807) is 0 Å². The highest BCUT2D eigenvalue weighted by Crippen LogP contribution is 2.21. The summed E-state index contributed by atoms with van der Waals surface area (Å²) in [5.74, 6) is 1.08. The molecule has 3 nitrogen and oxygen atoms in total. The highest BCUT2D eigenvalue weighted by Gasteiger charge is 2.05. The summed E-state index contributed by atoms with van der Waals surface area (Å²) in [6.07, 6.45) is 0. The molecule has 4 heteroatoms. The zero-order valence-corrected chi connectivity index (χ0v) is 15.5. The minimum atomic E-state index is -0.0317. The first-order valence-corrected chi connectivity index (χ1v) is 9.44. The number of benzene rings is 3. The molecule has 0 atom stereocenters. The lowest BCUT2D eigenvalue weighted by atomic mass is 10.2. The van der Waals surface area contributed by atoms with Crippen LogP contribution in [0.2, 0.25) is 0 Å². The molecule has 0 aliphatic carbocycles. The van der Waals surface area contributed by atoms with Crippen LogP contribution in [-0.2, 0) is 11.4 Å². The van der Waals surface area contributed by atoms with Crippen molar-refractivity contribution in [1.29, 1.82) is 0 Å². The van der Waals surface area contributed by atoms with Gasteiger partial charge < -0.3 is 10.1 Å². The maximum atomic E-state index is 12.2. The van der Waals surface area contributed by atoms with Crippen LogP contribution in [0.3, 0.4) is 0 Å². The molecule has 0 aromatic heterocycles. The molecule has 3 aromatic rings. The SMILES string of the molecule is Cc1ccc(SCC(=O)Nc2cccc(OCc3ccccc3)c2)cc1. The van der Waals surface area contributed by atoms with Gasteiger partial charge in [-0.3, -0.25) is 4.79 Å². The Morgan fingerprint density at radius 3 is 2.50 bits per heavy atom. The maximum absolute atomic E-state index is 12.2. The van der Waals surface area contributed by atoms with Crippen molar-refractivity contribution in [2.24, 2.45) is 0 Å². The van der Waals surface area contributed by atoms with Crippen LogP contribution < -0.4 is 10.1 Å². The highest BCUT2D eigenvalue weighted by atomic mass is 32.2. The average Bonchev–Trinajstić information content (AvgIpc) is 2.67. The Labute approximate surface area is 158 Å². The summed E-state index contributed by atoms with van der Waals surface area (Å²) in [5.41, 5.74) is 3.06. The minimum Gasteiger partial charge on any atom is -0.489 e. The van der Waals surface area contributed by atoms with E-state index in [0.717, 1.165) is 21.9 Å². The summed E-state index contributed by atoms with van der Waals surface area (Å²) in [5, 5.41) is 2.92. The predicted octanol–water partition coefficient (Wildman–Crippen LogP) is 5.30. The Hall–Kier alpha value is -2.72. The summed E-state index contributed by atoms with van der Waals surface area (Å²) in [7, 11) is 0. The molecule has 3 aromatic carbocycles. The van der Waals surface area contributed by atoms with Gasteiger partial charge in [-0.25, -0.2) is 0 Å². The number of carbonyl (C=O) groups excluding carboxylic acids is 1. The zero-order chi connectivity index (χ0) is 18.2. The second-order valence-electron chi connectivity index (χ2n) is 5.95. The minimum absolute atomic E-state index is 0.0317. The van der Waals surface area contributed by atoms with E-state index in [-0.39, 0.29) is 5.91 Å². The number of amides is 1. The second-order valence-corrected chi connectivity index (χ2v) is 7.00. The van der Waals surface area contributed by atoms with Gasteiger partial charge in [0.1, 0.15) is 12.4 Å². The van der Waals surface area contributed by atoms with Crippen LogP contribution in [0.25, 0.3) is 0 Å². The van der Waals surface area contributed by atoms with Gasteiger partial charge in [0, 0.05) is 16.6 Å². The van der Waals surface area contributed by atoms with Gasteiger partial charge in [0.25, 0.3) is 0 Å². The van der Waals surface area contributed by atoms with Crippen molar-refractivity contribution in [1.82, 2.24) is 0 Å². The van der Waals surface area contributed by atoms with Gasteiger partial charge in [0.15, 0.2) is 0 Å². The molecule has 0 saturated carbocycles. The van der Waals surface area contributed by atoms with Crippen molar-refractivity contribution in [3.05, 3.63) is 90.0 Å². The molecule has 0 radical (unpaired) electrons. The van der Waals surface area contributed by atoms with E-state index in [0.29, 0.717) is 12.4 Å². The number of anilines is 1. The molecule has 0 aliphatic heterocycles. The molecule has 132 valence electrons. The van der Waals surface area contributed by atoms with Crippen LogP contribution in [0, 0.1) is 6.92 Å². The molecule has 0 heterocycles. The van der Waals surface area contributed by atoms with E-state index in [1.807, 2.05) is 85.8 Å². The molecule has 3 rings (SSSR count). The van der Waals surface area contributed by atoms with Gasteiger partial charge in [0.2, 0.25) is 5.91 Å². The molecule has 0 spiro atoms. The first kappa shape index (κ1) is 18.1. The fourth-order valence-corrected chi connectivity index (χ4v) is 3.08. The molecule has 1 N–H and O–H groups in total. The lowest BCUT2D eigenvalue weighted by Gasteiger charge is -2.09. The van der Waals surface area contributed by atoms with Crippen LogP contribution in [0.5, 0.6) is 5.75 Å². The largest absolute Gasteiger partial charge is 0.489 e. The summed E-state index contributed by atoms with van der Waals surface area (Å²) < 4.78 is 5.80. The summed E-state index contributed by atoms with van der Waals surface area (Å²) in [6.45, 7) is 2.55. The van der Waals surface area contributed by atoms with Crippen molar-refractivity contribution in [3.63, 3.8) is 0 Å². The van der Waals surface area contributed by atoms with Crippen LogP contribution >= 0.6 is 11.8 Å². The Balaban J connectivity index is 1.51. The smallest absolute Gasteiger partial charge is 0.234 e. The summed E-state index contributed by atoms with van der Waals surface area (Å²) in [6, 6.07) is 25.6. The predicted molar refractivity (Wildman–Crippen MR) is 108 cm³/mol. The lowest BCUT2D eigenvalue weighted by Crippen LogP contribution is -2.14. The van der Waals surface area contributed by atoms with Crippen LogP contribution in [0.4, 0.5) is 5.69 Å². The van der Waals surface area contributed by atoms with Crippen molar-refractivity contribution in [2.45, 2.75) is 18.4 Å². The molecule has 26 heavy (non-hydrogen) atoms. The molecule has 0 fully saturated rings. The second kappa shape index (κ2) is 9.11. The Kier molecular flexibility index (Phi) is 6.34. The van der Waals surface area contributed by atoms with Gasteiger partial charge in [-0.2, -0.15) is 0 Å². The van der Waals surface area contributed by atoms with Crippen molar-refractivity contribution in [3.8, 4) is 5.75 Å². The van der Waals surface area contributed by atoms with Crippen molar-refractivity contribution < 1.29 is 9.53 Å². The molecular weight excluding hydrogens is 342 g/mol.